The second kappa shape index (κ2) is 3.87. The van der Waals surface area contributed by atoms with Gasteiger partial charge in [-0.25, -0.2) is 0 Å². The highest BCUT2D eigenvalue weighted by Gasteiger charge is 2.19. The van der Waals surface area contributed by atoms with E-state index >= 15 is 0 Å². The molecule has 0 fully saturated rings. The predicted octanol–water partition coefficient (Wildman–Crippen LogP) is 2.07. The highest BCUT2D eigenvalue weighted by atomic mass is 32.2. The van der Waals surface area contributed by atoms with Crippen molar-refractivity contribution in [1.29, 1.82) is 0 Å². The molecule has 68 valence electrons. The summed E-state index contributed by atoms with van der Waals surface area (Å²) in [6.45, 7) is 0. The van der Waals surface area contributed by atoms with Crippen LogP contribution in [0.5, 0.6) is 0 Å². The molecule has 0 amide bonds. The molecular formula is C9H11N3S. The van der Waals surface area contributed by atoms with E-state index in [1.54, 1.807) is 30.4 Å². The Morgan fingerprint density at radius 3 is 3.00 bits per heavy atom. The Hall–Kier alpha value is -0.900. The lowest BCUT2D eigenvalue weighted by atomic mass is 10.1. The van der Waals surface area contributed by atoms with E-state index < -0.39 is 0 Å². The Morgan fingerprint density at radius 1 is 1.46 bits per heavy atom. The summed E-state index contributed by atoms with van der Waals surface area (Å²) in [5.41, 5.74) is 0.992. The van der Waals surface area contributed by atoms with E-state index in [1.165, 1.54) is 5.04 Å². The third kappa shape index (κ3) is 1.88. The summed E-state index contributed by atoms with van der Waals surface area (Å²) in [6, 6.07) is 0.246. The van der Waals surface area contributed by atoms with Crippen LogP contribution in [0.3, 0.4) is 0 Å². The molecule has 0 radical (unpaired) electrons. The van der Waals surface area contributed by atoms with E-state index in [0.29, 0.717) is 0 Å². The lowest BCUT2D eigenvalue weighted by molar-refractivity contribution is 0.693. The molecule has 13 heavy (non-hydrogen) atoms. The summed E-state index contributed by atoms with van der Waals surface area (Å²) >= 11 is 1.73. The zero-order valence-corrected chi connectivity index (χ0v) is 8.29. The van der Waals surface area contributed by atoms with Gasteiger partial charge < -0.3 is 0 Å². The summed E-state index contributed by atoms with van der Waals surface area (Å²) in [5, 5.41) is 1.23. The standard InChI is InChI=1S/C9H11N3S/c1-13-9-3-2-7(12-9)8-6-10-4-5-11-8/h4-7H,2-3H2,1H3. The molecule has 0 saturated carbocycles. The maximum absolute atomic E-state index is 4.55. The summed E-state index contributed by atoms with van der Waals surface area (Å²) in [6.07, 6.45) is 9.45. The summed E-state index contributed by atoms with van der Waals surface area (Å²) < 4.78 is 0. The van der Waals surface area contributed by atoms with Gasteiger partial charge in [-0.3, -0.25) is 15.0 Å². The van der Waals surface area contributed by atoms with Crippen molar-refractivity contribution in [3.8, 4) is 0 Å². The second-order valence-electron chi connectivity index (χ2n) is 2.91. The third-order valence-electron chi connectivity index (χ3n) is 2.09. The van der Waals surface area contributed by atoms with Gasteiger partial charge in [0.15, 0.2) is 0 Å². The number of thioether (sulfide) groups is 1. The van der Waals surface area contributed by atoms with Crippen molar-refractivity contribution in [3.05, 3.63) is 24.3 Å². The molecule has 1 unspecified atom stereocenters. The Balaban J connectivity index is 2.16. The molecular weight excluding hydrogens is 182 g/mol. The zero-order chi connectivity index (χ0) is 9.10. The van der Waals surface area contributed by atoms with Gasteiger partial charge in [-0.1, -0.05) is 0 Å². The lowest BCUT2D eigenvalue weighted by Gasteiger charge is -2.02. The average Bonchev–Trinajstić information content (AvgIpc) is 2.67. The lowest BCUT2D eigenvalue weighted by Crippen LogP contribution is -1.94. The van der Waals surface area contributed by atoms with Gasteiger partial charge in [0.2, 0.25) is 0 Å². The second-order valence-corrected chi connectivity index (χ2v) is 3.79. The molecule has 0 spiro atoms. The Kier molecular flexibility index (Phi) is 2.59. The summed E-state index contributed by atoms with van der Waals surface area (Å²) in [7, 11) is 0. The van der Waals surface area contributed by atoms with E-state index in [2.05, 4.69) is 21.2 Å². The first-order chi connectivity index (χ1) is 6.40. The number of nitrogens with zero attached hydrogens (tertiary/aromatic N) is 3. The maximum atomic E-state index is 4.55. The molecule has 1 aromatic rings. The Bertz CT molecular complexity index is 310. The first-order valence-electron chi connectivity index (χ1n) is 4.26. The topological polar surface area (TPSA) is 38.1 Å². The van der Waals surface area contributed by atoms with Gasteiger partial charge in [0.05, 0.1) is 23.0 Å². The van der Waals surface area contributed by atoms with Gasteiger partial charge >= 0.3 is 0 Å². The fraction of sp³-hybridized carbons (Fsp3) is 0.444. The van der Waals surface area contributed by atoms with Crippen molar-refractivity contribution < 1.29 is 0 Å². The minimum atomic E-state index is 0.246. The summed E-state index contributed by atoms with van der Waals surface area (Å²) in [5.74, 6) is 0. The molecule has 0 aliphatic carbocycles. The van der Waals surface area contributed by atoms with E-state index in [4.69, 9.17) is 0 Å². The highest BCUT2D eigenvalue weighted by molar-refractivity contribution is 8.13. The van der Waals surface area contributed by atoms with E-state index in [1.807, 2.05) is 0 Å². The molecule has 1 atom stereocenters. The van der Waals surface area contributed by atoms with E-state index in [9.17, 15) is 0 Å². The van der Waals surface area contributed by atoms with Crippen molar-refractivity contribution in [2.24, 2.45) is 4.99 Å². The zero-order valence-electron chi connectivity index (χ0n) is 7.47. The molecule has 3 nitrogen and oxygen atoms in total. The fourth-order valence-electron chi connectivity index (χ4n) is 1.41. The number of rotatable bonds is 1. The van der Waals surface area contributed by atoms with Crippen LogP contribution in [-0.4, -0.2) is 21.3 Å². The van der Waals surface area contributed by atoms with Crippen LogP contribution >= 0.6 is 11.8 Å². The minimum Gasteiger partial charge on any atom is -0.273 e. The Labute approximate surface area is 81.7 Å². The maximum Gasteiger partial charge on any atom is 0.0948 e. The molecule has 0 N–H and O–H groups in total. The monoisotopic (exact) mass is 193 g/mol. The van der Waals surface area contributed by atoms with Gasteiger partial charge in [-0.05, 0) is 19.1 Å². The molecule has 0 bridgehead atoms. The van der Waals surface area contributed by atoms with Gasteiger partial charge in [-0.2, -0.15) is 0 Å². The summed E-state index contributed by atoms with van der Waals surface area (Å²) in [4.78, 5) is 12.8. The normalized spacial score (nSPS) is 21.6. The van der Waals surface area contributed by atoms with Gasteiger partial charge in [0.25, 0.3) is 0 Å². The molecule has 0 saturated heterocycles. The third-order valence-corrected chi connectivity index (χ3v) is 2.87. The molecule has 0 aromatic carbocycles. The van der Waals surface area contributed by atoms with Gasteiger partial charge in [-0.15, -0.1) is 11.8 Å². The fourth-order valence-corrected chi connectivity index (χ4v) is 1.97. The van der Waals surface area contributed by atoms with Crippen molar-refractivity contribution in [2.75, 3.05) is 6.26 Å². The van der Waals surface area contributed by atoms with Crippen LogP contribution in [0.4, 0.5) is 0 Å². The number of aliphatic imine (C=N–C) groups is 1. The quantitative estimate of drug-likeness (QED) is 0.685. The van der Waals surface area contributed by atoms with Crippen molar-refractivity contribution >= 4 is 16.8 Å². The highest BCUT2D eigenvalue weighted by Crippen LogP contribution is 2.29. The van der Waals surface area contributed by atoms with E-state index in [-0.39, 0.29) is 6.04 Å². The number of hydrogen-bond acceptors (Lipinski definition) is 4. The number of aromatic nitrogens is 2. The van der Waals surface area contributed by atoms with Crippen LogP contribution in [-0.2, 0) is 0 Å². The minimum absolute atomic E-state index is 0.246. The molecule has 2 heterocycles. The largest absolute Gasteiger partial charge is 0.273 e. The number of hydrogen-bond donors (Lipinski definition) is 0. The smallest absolute Gasteiger partial charge is 0.0948 e. The first kappa shape index (κ1) is 8.69. The molecule has 1 aromatic heterocycles. The van der Waals surface area contributed by atoms with Crippen molar-refractivity contribution in [2.45, 2.75) is 18.9 Å². The Morgan fingerprint density at radius 2 is 2.38 bits per heavy atom. The van der Waals surface area contributed by atoms with Crippen LogP contribution in [0.1, 0.15) is 24.6 Å². The molecule has 1 aliphatic rings. The molecule has 4 heteroatoms. The van der Waals surface area contributed by atoms with Gasteiger partial charge in [0, 0.05) is 12.4 Å². The van der Waals surface area contributed by atoms with Crippen LogP contribution in [0.2, 0.25) is 0 Å². The van der Waals surface area contributed by atoms with Crippen LogP contribution < -0.4 is 0 Å². The van der Waals surface area contributed by atoms with Gasteiger partial charge in [0.1, 0.15) is 0 Å². The van der Waals surface area contributed by atoms with Crippen LogP contribution in [0.25, 0.3) is 0 Å². The van der Waals surface area contributed by atoms with Crippen LogP contribution in [0.15, 0.2) is 23.6 Å². The van der Waals surface area contributed by atoms with Crippen molar-refractivity contribution in [3.63, 3.8) is 0 Å². The SMILES string of the molecule is CSC1=NC(c2cnccn2)CC1. The molecule has 1 aliphatic heterocycles. The first-order valence-corrected chi connectivity index (χ1v) is 5.49. The van der Waals surface area contributed by atoms with Crippen molar-refractivity contribution in [1.82, 2.24) is 9.97 Å². The van der Waals surface area contributed by atoms with E-state index in [0.717, 1.165) is 18.5 Å². The predicted molar refractivity (Wildman–Crippen MR) is 55.0 cm³/mol. The average molecular weight is 193 g/mol. The molecule has 2 rings (SSSR count). The van der Waals surface area contributed by atoms with Crippen LogP contribution in [0, 0.1) is 0 Å².